The molecule has 2 aromatic carbocycles. The van der Waals surface area contributed by atoms with Gasteiger partial charge in [-0.05, 0) is 36.6 Å². The molecule has 36 heavy (non-hydrogen) atoms. The van der Waals surface area contributed by atoms with Crippen LogP contribution in [0.5, 0.6) is 0 Å². The zero-order valence-electron chi connectivity index (χ0n) is 20.6. The molecule has 1 aliphatic rings. The summed E-state index contributed by atoms with van der Waals surface area (Å²) in [7, 11) is 0. The lowest BCUT2D eigenvalue weighted by molar-refractivity contribution is -0.151. The number of rotatable bonds is 12. The number of carbonyl (C=O) groups is 4. The number of hydrogen-bond acceptors (Lipinski definition) is 6. The maximum absolute atomic E-state index is 12.9. The molecule has 0 saturated carbocycles. The SMILES string of the molecule is CCCCOC(=O)CC1C(=O)NCCN1C(=O)CNc1cccc(NC(=O)CCc2ccccc2)c1. The van der Waals surface area contributed by atoms with E-state index in [2.05, 4.69) is 16.0 Å². The smallest absolute Gasteiger partial charge is 0.308 e. The highest BCUT2D eigenvalue weighted by Gasteiger charge is 2.34. The summed E-state index contributed by atoms with van der Waals surface area (Å²) in [5.41, 5.74) is 2.37. The van der Waals surface area contributed by atoms with Crippen LogP contribution in [0, 0.1) is 0 Å². The van der Waals surface area contributed by atoms with Gasteiger partial charge in [0, 0.05) is 30.9 Å². The van der Waals surface area contributed by atoms with Crippen molar-refractivity contribution in [3.8, 4) is 0 Å². The summed E-state index contributed by atoms with van der Waals surface area (Å²) in [6.45, 7) is 2.89. The Balaban J connectivity index is 1.51. The average Bonchev–Trinajstić information content (AvgIpc) is 2.88. The lowest BCUT2D eigenvalue weighted by Gasteiger charge is -2.34. The van der Waals surface area contributed by atoms with Crippen LogP contribution < -0.4 is 16.0 Å². The van der Waals surface area contributed by atoms with Crippen LogP contribution in [0.4, 0.5) is 11.4 Å². The molecule has 1 atom stereocenters. The second-order valence-corrected chi connectivity index (χ2v) is 8.64. The number of piperazine rings is 1. The molecule has 1 saturated heterocycles. The number of anilines is 2. The minimum absolute atomic E-state index is 0.0555. The van der Waals surface area contributed by atoms with Gasteiger partial charge in [-0.2, -0.15) is 0 Å². The number of ether oxygens (including phenoxy) is 1. The van der Waals surface area contributed by atoms with Crippen LogP contribution in [-0.4, -0.2) is 60.9 Å². The molecule has 3 rings (SSSR count). The van der Waals surface area contributed by atoms with Gasteiger partial charge in [0.2, 0.25) is 17.7 Å². The van der Waals surface area contributed by atoms with Crippen molar-refractivity contribution in [2.24, 2.45) is 0 Å². The van der Waals surface area contributed by atoms with Crippen molar-refractivity contribution >= 4 is 35.1 Å². The molecule has 0 aromatic heterocycles. The van der Waals surface area contributed by atoms with Crippen LogP contribution in [0.15, 0.2) is 54.6 Å². The minimum Gasteiger partial charge on any atom is -0.466 e. The van der Waals surface area contributed by atoms with Gasteiger partial charge in [-0.25, -0.2) is 0 Å². The quantitative estimate of drug-likeness (QED) is 0.309. The van der Waals surface area contributed by atoms with Gasteiger partial charge in [-0.3, -0.25) is 19.2 Å². The van der Waals surface area contributed by atoms with Crippen molar-refractivity contribution in [2.45, 2.75) is 45.1 Å². The van der Waals surface area contributed by atoms with E-state index >= 15 is 0 Å². The first-order chi connectivity index (χ1) is 17.5. The van der Waals surface area contributed by atoms with E-state index in [1.807, 2.05) is 37.3 Å². The van der Waals surface area contributed by atoms with Gasteiger partial charge in [0.25, 0.3) is 0 Å². The molecular weight excluding hydrogens is 460 g/mol. The summed E-state index contributed by atoms with van der Waals surface area (Å²) in [6.07, 6.45) is 2.48. The Bertz CT molecular complexity index is 1040. The summed E-state index contributed by atoms with van der Waals surface area (Å²) in [5, 5.41) is 8.64. The summed E-state index contributed by atoms with van der Waals surface area (Å²) in [6, 6.07) is 16.0. The highest BCUT2D eigenvalue weighted by molar-refractivity contribution is 5.93. The molecule has 3 amide bonds. The number of aryl methyl sites for hydroxylation is 1. The molecule has 1 aliphatic heterocycles. The second-order valence-electron chi connectivity index (χ2n) is 8.64. The fourth-order valence-corrected chi connectivity index (χ4v) is 3.88. The second kappa shape index (κ2) is 13.9. The third kappa shape index (κ3) is 8.41. The predicted molar refractivity (Wildman–Crippen MR) is 137 cm³/mol. The van der Waals surface area contributed by atoms with Gasteiger partial charge in [0.15, 0.2) is 0 Å². The zero-order valence-corrected chi connectivity index (χ0v) is 20.6. The Morgan fingerprint density at radius 2 is 1.86 bits per heavy atom. The highest BCUT2D eigenvalue weighted by atomic mass is 16.5. The molecule has 1 unspecified atom stereocenters. The topological polar surface area (TPSA) is 117 Å². The lowest BCUT2D eigenvalue weighted by Crippen LogP contribution is -2.58. The normalized spacial score (nSPS) is 15.1. The van der Waals surface area contributed by atoms with E-state index in [1.165, 1.54) is 4.90 Å². The maximum atomic E-state index is 12.9. The van der Waals surface area contributed by atoms with E-state index in [-0.39, 0.29) is 30.7 Å². The fraction of sp³-hybridized carbons (Fsp3) is 0.407. The molecule has 1 heterocycles. The number of unbranched alkanes of at least 4 members (excludes halogenated alkanes) is 1. The third-order valence-corrected chi connectivity index (χ3v) is 5.85. The summed E-state index contributed by atoms with van der Waals surface area (Å²) in [4.78, 5) is 51.2. The average molecular weight is 495 g/mol. The highest BCUT2D eigenvalue weighted by Crippen LogP contribution is 2.17. The molecular formula is C27H34N4O5. The van der Waals surface area contributed by atoms with Crippen LogP contribution in [0.25, 0.3) is 0 Å². The fourth-order valence-electron chi connectivity index (χ4n) is 3.88. The lowest BCUT2D eigenvalue weighted by atomic mass is 10.1. The summed E-state index contributed by atoms with van der Waals surface area (Å²) < 4.78 is 5.17. The number of benzene rings is 2. The van der Waals surface area contributed by atoms with Crippen molar-refractivity contribution < 1.29 is 23.9 Å². The van der Waals surface area contributed by atoms with Crippen molar-refractivity contribution in [2.75, 3.05) is 36.9 Å². The number of amides is 3. The van der Waals surface area contributed by atoms with Crippen LogP contribution in [0.2, 0.25) is 0 Å². The Kier molecular flexibility index (Phi) is 10.3. The molecule has 9 nitrogen and oxygen atoms in total. The first-order valence-corrected chi connectivity index (χ1v) is 12.4. The van der Waals surface area contributed by atoms with Crippen molar-refractivity contribution in [3.05, 3.63) is 60.2 Å². The Hall–Kier alpha value is -3.88. The van der Waals surface area contributed by atoms with E-state index in [4.69, 9.17) is 4.74 Å². The Labute approximate surface area is 211 Å². The van der Waals surface area contributed by atoms with Gasteiger partial charge >= 0.3 is 5.97 Å². The molecule has 9 heteroatoms. The molecule has 0 radical (unpaired) electrons. The van der Waals surface area contributed by atoms with Crippen molar-refractivity contribution in [1.29, 1.82) is 0 Å². The minimum atomic E-state index is -0.891. The number of nitrogens with zero attached hydrogens (tertiary/aromatic N) is 1. The number of hydrogen-bond donors (Lipinski definition) is 3. The monoisotopic (exact) mass is 494 g/mol. The third-order valence-electron chi connectivity index (χ3n) is 5.85. The molecule has 1 fully saturated rings. The van der Waals surface area contributed by atoms with Gasteiger partial charge in [-0.1, -0.05) is 49.7 Å². The first kappa shape index (κ1) is 26.7. The molecule has 0 spiro atoms. The van der Waals surface area contributed by atoms with Crippen molar-refractivity contribution in [3.63, 3.8) is 0 Å². The molecule has 3 N–H and O–H groups in total. The summed E-state index contributed by atoms with van der Waals surface area (Å²) in [5.74, 6) is -1.25. The van der Waals surface area contributed by atoms with Crippen molar-refractivity contribution in [1.82, 2.24) is 10.2 Å². The van der Waals surface area contributed by atoms with E-state index in [0.717, 1.165) is 18.4 Å². The Morgan fingerprint density at radius 3 is 2.64 bits per heavy atom. The zero-order chi connectivity index (χ0) is 25.8. The van der Waals surface area contributed by atoms with E-state index < -0.39 is 12.0 Å². The maximum Gasteiger partial charge on any atom is 0.308 e. The molecule has 192 valence electrons. The first-order valence-electron chi connectivity index (χ1n) is 12.4. The molecule has 0 bridgehead atoms. The van der Waals surface area contributed by atoms with Crippen LogP contribution >= 0.6 is 0 Å². The van der Waals surface area contributed by atoms with Crippen LogP contribution in [-0.2, 0) is 30.3 Å². The van der Waals surface area contributed by atoms with E-state index in [9.17, 15) is 19.2 Å². The standard InChI is InChI=1S/C27H34N4O5/c1-2-3-16-36-26(34)18-23-27(35)28-14-15-31(23)25(33)19-29-21-10-7-11-22(17-21)30-24(32)13-12-20-8-5-4-6-9-20/h4-11,17,23,29H,2-3,12-16,18-19H2,1H3,(H,28,35)(H,30,32). The molecule has 2 aromatic rings. The van der Waals surface area contributed by atoms with Gasteiger partial charge in [0.1, 0.15) is 6.04 Å². The number of nitrogens with one attached hydrogen (secondary N) is 3. The summed E-state index contributed by atoms with van der Waals surface area (Å²) >= 11 is 0. The Morgan fingerprint density at radius 1 is 1.08 bits per heavy atom. The molecule has 0 aliphatic carbocycles. The van der Waals surface area contributed by atoms with Gasteiger partial charge < -0.3 is 25.6 Å². The van der Waals surface area contributed by atoms with Gasteiger partial charge in [0.05, 0.1) is 19.6 Å². The van der Waals surface area contributed by atoms with Gasteiger partial charge in [-0.15, -0.1) is 0 Å². The van der Waals surface area contributed by atoms with Crippen LogP contribution in [0.3, 0.4) is 0 Å². The predicted octanol–water partition coefficient (Wildman–Crippen LogP) is 2.73. The number of esters is 1. The number of carbonyl (C=O) groups excluding carboxylic acids is 4. The largest absolute Gasteiger partial charge is 0.466 e. The van der Waals surface area contributed by atoms with E-state index in [0.29, 0.717) is 43.9 Å². The van der Waals surface area contributed by atoms with Crippen LogP contribution in [0.1, 0.15) is 38.2 Å². The van der Waals surface area contributed by atoms with E-state index in [1.54, 1.807) is 24.3 Å².